The zero-order valence-electron chi connectivity index (χ0n) is 6.11. The summed E-state index contributed by atoms with van der Waals surface area (Å²) in [4.78, 5) is 14.2. The Kier molecular flexibility index (Phi) is 1.78. The molecule has 0 spiro atoms. The molecule has 1 aliphatic rings. The van der Waals surface area contributed by atoms with Crippen LogP contribution >= 0.6 is 0 Å². The first kappa shape index (κ1) is 7.94. The van der Waals surface area contributed by atoms with Crippen molar-refractivity contribution in [2.45, 2.75) is 18.9 Å². The van der Waals surface area contributed by atoms with Crippen molar-refractivity contribution in [3.8, 4) is 0 Å². The Morgan fingerprint density at radius 1 is 1.82 bits per heavy atom. The smallest absolute Gasteiger partial charge is 0.342 e. The summed E-state index contributed by atoms with van der Waals surface area (Å²) in [5.74, 6) is -1.25. The van der Waals surface area contributed by atoms with E-state index in [4.69, 9.17) is 5.11 Å². The molecule has 0 aromatic rings. The van der Waals surface area contributed by atoms with Crippen LogP contribution in [0.2, 0.25) is 0 Å². The number of aliphatic imine (C=N–C) groups is 1. The van der Waals surface area contributed by atoms with Crippen molar-refractivity contribution in [1.82, 2.24) is 0 Å². The normalized spacial score (nSPS) is 20.0. The van der Waals surface area contributed by atoms with Gasteiger partial charge in [0.15, 0.2) is 0 Å². The summed E-state index contributed by atoms with van der Waals surface area (Å²) >= 11 is 0. The van der Waals surface area contributed by atoms with E-state index in [9.17, 15) is 9.90 Å². The van der Waals surface area contributed by atoms with Crippen molar-refractivity contribution < 1.29 is 15.0 Å². The Morgan fingerprint density at radius 3 is 2.45 bits per heavy atom. The van der Waals surface area contributed by atoms with Crippen molar-refractivity contribution in [1.29, 1.82) is 0 Å². The van der Waals surface area contributed by atoms with E-state index in [1.165, 1.54) is 12.3 Å². The fraction of sp³-hybridized carbons (Fsp3) is 0.429. The zero-order chi connectivity index (χ0) is 8.48. The summed E-state index contributed by atoms with van der Waals surface area (Å²) in [6, 6.07) is 0. The molecule has 0 amide bonds. The van der Waals surface area contributed by atoms with Crippen LogP contribution in [0.4, 0.5) is 0 Å². The van der Waals surface area contributed by atoms with Crippen LogP contribution in [-0.4, -0.2) is 27.5 Å². The molecule has 1 aliphatic heterocycles. The van der Waals surface area contributed by atoms with E-state index in [1.807, 2.05) is 0 Å². The maximum absolute atomic E-state index is 10.5. The number of rotatable bonds is 3. The quantitative estimate of drug-likeness (QED) is 0.610. The highest BCUT2D eigenvalue weighted by molar-refractivity contribution is 6.17. The predicted octanol–water partition coefficient (Wildman–Crippen LogP) is 0.180. The third-order valence-electron chi connectivity index (χ3n) is 1.74. The number of aliphatic carboxylic acids is 1. The van der Waals surface area contributed by atoms with E-state index in [-0.39, 0.29) is 12.1 Å². The van der Waals surface area contributed by atoms with Crippen LogP contribution in [0.25, 0.3) is 0 Å². The van der Waals surface area contributed by atoms with Gasteiger partial charge in [-0.3, -0.25) is 4.99 Å². The van der Waals surface area contributed by atoms with Gasteiger partial charge in [-0.05, 0) is 12.5 Å². The highest BCUT2D eigenvalue weighted by Gasteiger charge is 2.39. The third kappa shape index (κ3) is 1.05. The van der Waals surface area contributed by atoms with Crippen molar-refractivity contribution in [2.24, 2.45) is 4.99 Å². The SMILES string of the molecule is CCC(O)(C(=O)O)C1=NC=C1. The van der Waals surface area contributed by atoms with Gasteiger partial charge in [0.05, 0.1) is 5.71 Å². The molecule has 1 heterocycles. The van der Waals surface area contributed by atoms with E-state index >= 15 is 0 Å². The van der Waals surface area contributed by atoms with E-state index in [2.05, 4.69) is 4.99 Å². The van der Waals surface area contributed by atoms with Gasteiger partial charge in [0.1, 0.15) is 0 Å². The minimum absolute atomic E-state index is 0.130. The molecule has 0 aliphatic carbocycles. The summed E-state index contributed by atoms with van der Waals surface area (Å²) in [5.41, 5.74) is -1.55. The Balaban J connectivity index is 2.83. The molecule has 60 valence electrons. The minimum Gasteiger partial charge on any atom is -0.479 e. The number of carboxylic acids is 1. The van der Waals surface area contributed by atoms with Gasteiger partial charge in [-0.2, -0.15) is 0 Å². The Morgan fingerprint density at radius 2 is 2.36 bits per heavy atom. The zero-order valence-corrected chi connectivity index (χ0v) is 6.11. The van der Waals surface area contributed by atoms with Crippen molar-refractivity contribution >= 4 is 11.7 Å². The first-order valence-electron chi connectivity index (χ1n) is 3.32. The first-order valence-corrected chi connectivity index (χ1v) is 3.32. The molecule has 1 atom stereocenters. The highest BCUT2D eigenvalue weighted by atomic mass is 16.4. The molecule has 4 nitrogen and oxygen atoms in total. The fourth-order valence-corrected chi connectivity index (χ4v) is 0.836. The van der Waals surface area contributed by atoms with E-state index in [1.54, 1.807) is 6.92 Å². The van der Waals surface area contributed by atoms with Gasteiger partial charge in [-0.25, -0.2) is 4.79 Å². The first-order chi connectivity index (χ1) is 5.11. The van der Waals surface area contributed by atoms with Crippen molar-refractivity contribution in [2.75, 3.05) is 0 Å². The van der Waals surface area contributed by atoms with E-state index in [0.29, 0.717) is 0 Å². The Labute approximate surface area is 63.9 Å². The van der Waals surface area contributed by atoms with Gasteiger partial charge >= 0.3 is 5.97 Å². The molecule has 0 fully saturated rings. The molecule has 0 saturated heterocycles. The molecular formula is C7H9NO3. The highest BCUT2D eigenvalue weighted by Crippen LogP contribution is 2.18. The Bertz CT molecular complexity index is 244. The largest absolute Gasteiger partial charge is 0.479 e. The second-order valence-corrected chi connectivity index (χ2v) is 2.35. The summed E-state index contributed by atoms with van der Waals surface area (Å²) in [5, 5.41) is 18.0. The summed E-state index contributed by atoms with van der Waals surface area (Å²) in [6.07, 6.45) is 3.09. The van der Waals surface area contributed by atoms with Gasteiger partial charge in [-0.1, -0.05) is 6.92 Å². The number of hydrogen-bond acceptors (Lipinski definition) is 3. The van der Waals surface area contributed by atoms with Gasteiger partial charge < -0.3 is 10.2 Å². The standard InChI is InChI=1S/C7H9NO3/c1-2-7(11,6(9)10)5-3-4-8-5/h3-4,11H,2H2,1H3,(H,9,10). The van der Waals surface area contributed by atoms with E-state index in [0.717, 1.165) is 0 Å². The Hall–Kier alpha value is -1.16. The van der Waals surface area contributed by atoms with Crippen LogP contribution in [0.1, 0.15) is 13.3 Å². The fourth-order valence-electron chi connectivity index (χ4n) is 0.836. The van der Waals surface area contributed by atoms with Crippen LogP contribution in [-0.2, 0) is 4.79 Å². The number of hydrogen-bond donors (Lipinski definition) is 2. The lowest BCUT2D eigenvalue weighted by Gasteiger charge is -2.23. The van der Waals surface area contributed by atoms with Crippen LogP contribution in [0.3, 0.4) is 0 Å². The summed E-state index contributed by atoms with van der Waals surface area (Å²) in [6.45, 7) is 1.60. The van der Waals surface area contributed by atoms with Crippen LogP contribution in [0.5, 0.6) is 0 Å². The number of carbonyl (C=O) groups is 1. The molecule has 11 heavy (non-hydrogen) atoms. The molecule has 1 rings (SSSR count). The monoisotopic (exact) mass is 155 g/mol. The number of nitrogens with zero attached hydrogens (tertiary/aromatic N) is 1. The van der Waals surface area contributed by atoms with Crippen LogP contribution < -0.4 is 0 Å². The molecule has 2 N–H and O–H groups in total. The average Bonchev–Trinajstić information content (AvgIpc) is 1.83. The lowest BCUT2D eigenvalue weighted by atomic mass is 9.93. The maximum atomic E-state index is 10.5. The topological polar surface area (TPSA) is 69.9 Å². The molecule has 4 heteroatoms. The van der Waals surface area contributed by atoms with Gasteiger partial charge in [-0.15, -0.1) is 0 Å². The summed E-state index contributed by atoms with van der Waals surface area (Å²) < 4.78 is 0. The van der Waals surface area contributed by atoms with E-state index < -0.39 is 11.6 Å². The predicted molar refractivity (Wildman–Crippen MR) is 39.5 cm³/mol. The van der Waals surface area contributed by atoms with Gasteiger partial charge in [0.2, 0.25) is 5.60 Å². The average molecular weight is 155 g/mol. The number of carboxylic acid groups (broad SMARTS) is 1. The third-order valence-corrected chi connectivity index (χ3v) is 1.74. The van der Waals surface area contributed by atoms with Gasteiger partial charge in [0.25, 0.3) is 0 Å². The lowest BCUT2D eigenvalue weighted by Crippen LogP contribution is -2.46. The molecule has 0 aromatic carbocycles. The second-order valence-electron chi connectivity index (χ2n) is 2.35. The van der Waals surface area contributed by atoms with Crippen LogP contribution in [0.15, 0.2) is 17.3 Å². The molecule has 0 bridgehead atoms. The van der Waals surface area contributed by atoms with Crippen molar-refractivity contribution in [3.63, 3.8) is 0 Å². The minimum atomic E-state index is -1.78. The summed E-state index contributed by atoms with van der Waals surface area (Å²) in [7, 11) is 0. The molecule has 0 saturated carbocycles. The second kappa shape index (κ2) is 2.47. The lowest BCUT2D eigenvalue weighted by molar-refractivity contribution is -0.151. The molecule has 1 unspecified atom stereocenters. The molecule has 0 aromatic heterocycles. The molecule has 0 radical (unpaired) electrons. The van der Waals surface area contributed by atoms with Crippen molar-refractivity contribution in [3.05, 3.63) is 12.3 Å². The van der Waals surface area contributed by atoms with Crippen LogP contribution in [0, 0.1) is 0 Å². The number of aliphatic hydroxyl groups is 1. The maximum Gasteiger partial charge on any atom is 0.342 e. The van der Waals surface area contributed by atoms with Gasteiger partial charge in [0, 0.05) is 6.20 Å². The molecular weight excluding hydrogens is 146 g/mol.